The lowest BCUT2D eigenvalue weighted by Crippen LogP contribution is -2.31. The van der Waals surface area contributed by atoms with Crippen LogP contribution in [0.5, 0.6) is 0 Å². The fourth-order valence-electron chi connectivity index (χ4n) is 3.46. The molecule has 0 aliphatic heterocycles. The van der Waals surface area contributed by atoms with Gasteiger partial charge in [0.15, 0.2) is 0 Å². The van der Waals surface area contributed by atoms with Crippen LogP contribution in [0.15, 0.2) is 23.0 Å². The summed E-state index contributed by atoms with van der Waals surface area (Å²) in [6.07, 6.45) is 5.04. The Hall–Kier alpha value is -1.71. The Labute approximate surface area is 125 Å². The predicted octanol–water partition coefficient (Wildman–Crippen LogP) is 3.87. The van der Waals surface area contributed by atoms with Gasteiger partial charge in [-0.15, -0.1) is 0 Å². The molecule has 1 saturated carbocycles. The lowest BCUT2D eigenvalue weighted by Gasteiger charge is -2.37. The predicted molar refractivity (Wildman–Crippen MR) is 87.7 cm³/mol. The van der Waals surface area contributed by atoms with Gasteiger partial charge in [0, 0.05) is 11.7 Å². The zero-order valence-corrected chi connectivity index (χ0v) is 13.1. The minimum absolute atomic E-state index is 0.146. The highest BCUT2D eigenvalue weighted by atomic mass is 16.1. The molecule has 1 heterocycles. The number of nitrogens with one attached hydrogen (secondary N) is 3. The third-order valence-electron chi connectivity index (χ3n) is 4.84. The fraction of sp³-hybridized carbons (Fsp3) is 0.588. The largest absolute Gasteiger partial charge is 0.382 e. The van der Waals surface area contributed by atoms with Gasteiger partial charge in [0.1, 0.15) is 0 Å². The lowest BCUT2D eigenvalue weighted by molar-refractivity contribution is 0.173. The van der Waals surface area contributed by atoms with Crippen molar-refractivity contribution >= 4 is 16.7 Å². The maximum atomic E-state index is 11.3. The van der Waals surface area contributed by atoms with Gasteiger partial charge in [-0.3, -0.25) is 0 Å². The van der Waals surface area contributed by atoms with E-state index >= 15 is 0 Å². The molecule has 1 fully saturated rings. The van der Waals surface area contributed by atoms with E-state index in [2.05, 4.69) is 36.1 Å². The van der Waals surface area contributed by atoms with Gasteiger partial charge < -0.3 is 15.3 Å². The van der Waals surface area contributed by atoms with E-state index in [-0.39, 0.29) is 5.69 Å². The molecule has 0 bridgehead atoms. The first-order valence-corrected chi connectivity index (χ1v) is 7.90. The van der Waals surface area contributed by atoms with Crippen LogP contribution in [-0.4, -0.2) is 16.0 Å². The Bertz CT molecular complexity index is 669. The smallest absolute Gasteiger partial charge is 0.323 e. The number of hydrogen-bond donors (Lipinski definition) is 3. The number of H-pyrrole nitrogens is 2. The molecule has 21 heavy (non-hydrogen) atoms. The number of aromatic amines is 2. The van der Waals surface area contributed by atoms with E-state index in [1.807, 2.05) is 18.2 Å². The van der Waals surface area contributed by atoms with Crippen LogP contribution in [0.25, 0.3) is 11.0 Å². The van der Waals surface area contributed by atoms with Gasteiger partial charge in [0.2, 0.25) is 0 Å². The quantitative estimate of drug-likeness (QED) is 0.785. The second kappa shape index (κ2) is 5.24. The molecule has 114 valence electrons. The van der Waals surface area contributed by atoms with Crippen LogP contribution >= 0.6 is 0 Å². The van der Waals surface area contributed by atoms with E-state index in [1.54, 1.807) is 0 Å². The molecule has 3 N–H and O–H groups in total. The van der Waals surface area contributed by atoms with Crippen molar-refractivity contribution in [2.24, 2.45) is 11.3 Å². The van der Waals surface area contributed by atoms with Crippen molar-refractivity contribution in [3.63, 3.8) is 0 Å². The summed E-state index contributed by atoms with van der Waals surface area (Å²) in [5.41, 5.74) is 3.11. The lowest BCUT2D eigenvalue weighted by atomic mass is 9.71. The molecule has 4 heteroatoms. The Morgan fingerprint density at radius 3 is 2.38 bits per heavy atom. The summed E-state index contributed by atoms with van der Waals surface area (Å²) in [7, 11) is 0. The average Bonchev–Trinajstić information content (AvgIpc) is 2.78. The van der Waals surface area contributed by atoms with Gasteiger partial charge in [-0.2, -0.15) is 0 Å². The van der Waals surface area contributed by atoms with E-state index in [9.17, 15) is 4.79 Å². The molecular weight excluding hydrogens is 262 g/mol. The molecule has 0 saturated heterocycles. The van der Waals surface area contributed by atoms with Crippen molar-refractivity contribution in [3.8, 4) is 0 Å². The number of fused-ring (bicyclic) bond motifs is 1. The number of rotatable bonds is 2. The molecule has 3 rings (SSSR count). The molecule has 1 aliphatic rings. The van der Waals surface area contributed by atoms with Crippen LogP contribution in [-0.2, 0) is 0 Å². The number of aromatic nitrogens is 2. The summed E-state index contributed by atoms with van der Waals surface area (Å²) < 4.78 is 0. The monoisotopic (exact) mass is 287 g/mol. The van der Waals surface area contributed by atoms with Crippen molar-refractivity contribution in [3.05, 3.63) is 28.7 Å². The van der Waals surface area contributed by atoms with Gasteiger partial charge in [-0.1, -0.05) is 20.8 Å². The van der Waals surface area contributed by atoms with Gasteiger partial charge in [0.25, 0.3) is 0 Å². The van der Waals surface area contributed by atoms with Crippen LogP contribution in [0.1, 0.15) is 46.5 Å². The molecular formula is C17H25N3O. The Morgan fingerprint density at radius 2 is 1.71 bits per heavy atom. The van der Waals surface area contributed by atoms with E-state index in [4.69, 9.17) is 0 Å². The summed E-state index contributed by atoms with van der Waals surface area (Å²) in [5.74, 6) is 0.832. The maximum Gasteiger partial charge on any atom is 0.323 e. The molecule has 0 spiro atoms. The van der Waals surface area contributed by atoms with Gasteiger partial charge in [0.05, 0.1) is 11.0 Å². The Kier molecular flexibility index (Phi) is 3.56. The average molecular weight is 287 g/mol. The number of hydrogen-bond acceptors (Lipinski definition) is 2. The molecule has 0 radical (unpaired) electrons. The van der Waals surface area contributed by atoms with Crippen molar-refractivity contribution < 1.29 is 0 Å². The zero-order valence-electron chi connectivity index (χ0n) is 13.1. The van der Waals surface area contributed by atoms with E-state index in [1.165, 1.54) is 25.7 Å². The Balaban J connectivity index is 1.65. The van der Waals surface area contributed by atoms with Crippen molar-refractivity contribution in [2.45, 2.75) is 52.5 Å². The molecule has 1 aromatic carbocycles. The van der Waals surface area contributed by atoms with E-state index in [0.717, 1.165) is 22.6 Å². The summed E-state index contributed by atoms with van der Waals surface area (Å²) in [5, 5.41) is 3.62. The minimum atomic E-state index is -0.146. The van der Waals surface area contributed by atoms with Crippen LogP contribution in [0, 0.1) is 11.3 Å². The normalized spacial score (nSPS) is 23.4. The Morgan fingerprint density at radius 1 is 1.05 bits per heavy atom. The topological polar surface area (TPSA) is 60.7 Å². The second-order valence-electron chi connectivity index (χ2n) is 7.40. The molecule has 4 nitrogen and oxygen atoms in total. The van der Waals surface area contributed by atoms with Crippen LogP contribution in [0.2, 0.25) is 0 Å². The fourth-order valence-corrected chi connectivity index (χ4v) is 3.46. The standard InChI is InChI=1S/C17H25N3O/c1-17(2,3)11-4-6-12(7-5-11)18-13-8-9-14-15(10-13)20-16(21)19-14/h8-12,18H,4-7H2,1-3H3,(H2,19,20,21). The number of benzene rings is 1. The first-order valence-electron chi connectivity index (χ1n) is 7.90. The van der Waals surface area contributed by atoms with Crippen LogP contribution in [0.4, 0.5) is 5.69 Å². The maximum absolute atomic E-state index is 11.3. The van der Waals surface area contributed by atoms with E-state index in [0.29, 0.717) is 11.5 Å². The zero-order chi connectivity index (χ0) is 15.0. The molecule has 2 aromatic rings. The number of anilines is 1. The summed E-state index contributed by atoms with van der Waals surface area (Å²) in [6, 6.07) is 6.56. The van der Waals surface area contributed by atoms with Gasteiger partial charge in [-0.25, -0.2) is 4.79 Å². The number of imidazole rings is 1. The van der Waals surface area contributed by atoms with Crippen molar-refractivity contribution in [1.29, 1.82) is 0 Å². The molecule has 1 aliphatic carbocycles. The molecule has 0 atom stereocenters. The van der Waals surface area contributed by atoms with Gasteiger partial charge in [-0.05, 0) is 55.2 Å². The van der Waals surface area contributed by atoms with Crippen LogP contribution < -0.4 is 11.0 Å². The van der Waals surface area contributed by atoms with Crippen molar-refractivity contribution in [2.75, 3.05) is 5.32 Å². The highest BCUT2D eigenvalue weighted by molar-refractivity contribution is 5.78. The highest BCUT2D eigenvalue weighted by Crippen LogP contribution is 2.38. The second-order valence-corrected chi connectivity index (χ2v) is 7.40. The van der Waals surface area contributed by atoms with Crippen LogP contribution in [0.3, 0.4) is 0 Å². The van der Waals surface area contributed by atoms with Gasteiger partial charge >= 0.3 is 5.69 Å². The molecule has 0 amide bonds. The molecule has 1 aromatic heterocycles. The highest BCUT2D eigenvalue weighted by Gasteiger charge is 2.29. The SMILES string of the molecule is CC(C)(C)C1CCC(Nc2ccc3[nH]c(=O)[nH]c3c2)CC1. The summed E-state index contributed by atoms with van der Waals surface area (Å²) >= 11 is 0. The first-order chi connectivity index (χ1) is 9.91. The minimum Gasteiger partial charge on any atom is -0.382 e. The summed E-state index contributed by atoms with van der Waals surface area (Å²) in [6.45, 7) is 7.05. The molecule has 0 unspecified atom stereocenters. The first kappa shape index (κ1) is 14.2. The summed E-state index contributed by atoms with van der Waals surface area (Å²) in [4.78, 5) is 16.9. The van der Waals surface area contributed by atoms with Crippen molar-refractivity contribution in [1.82, 2.24) is 9.97 Å². The third-order valence-corrected chi connectivity index (χ3v) is 4.84. The van der Waals surface area contributed by atoms with E-state index < -0.39 is 0 Å². The third kappa shape index (κ3) is 3.14.